The molecule has 6 rings (SSSR count). The zero-order valence-corrected chi connectivity index (χ0v) is 28.2. The van der Waals surface area contributed by atoms with Crippen molar-refractivity contribution in [2.75, 3.05) is 26.4 Å². The second-order valence-electron chi connectivity index (χ2n) is 15.1. The number of pyridine rings is 2. The Morgan fingerprint density at radius 3 is 2.36 bits per heavy atom. The number of hydrogen-bond acceptors (Lipinski definition) is 6. The molecule has 4 heterocycles. The number of aliphatic hydroxyl groups is 1. The van der Waals surface area contributed by atoms with Crippen molar-refractivity contribution in [1.82, 2.24) is 9.97 Å². The normalized spacial score (nSPS) is 23.3. The van der Waals surface area contributed by atoms with Gasteiger partial charge in [0.1, 0.15) is 6.10 Å². The molecular weight excluding hydrogens is 597 g/mol. The summed E-state index contributed by atoms with van der Waals surface area (Å²) in [6.07, 6.45) is 4.47. The van der Waals surface area contributed by atoms with Gasteiger partial charge in [0.2, 0.25) is 0 Å². The molecule has 1 saturated heterocycles. The highest BCUT2D eigenvalue weighted by atomic mass is 28.4. The molecule has 45 heavy (non-hydrogen) atoms. The molecule has 1 saturated carbocycles. The lowest BCUT2D eigenvalue weighted by molar-refractivity contribution is -0.137. The summed E-state index contributed by atoms with van der Waals surface area (Å²) in [7, 11) is -2.23. The number of hydrogen-bond donors (Lipinski definition) is 1. The van der Waals surface area contributed by atoms with Gasteiger partial charge in [0.25, 0.3) is 0 Å². The molecule has 10 heteroatoms. The Labute approximate surface area is 265 Å². The summed E-state index contributed by atoms with van der Waals surface area (Å²) < 4.78 is 59.1. The van der Waals surface area contributed by atoms with Crippen molar-refractivity contribution in [3.8, 4) is 0 Å². The van der Waals surface area contributed by atoms with Crippen molar-refractivity contribution in [2.24, 2.45) is 5.41 Å². The first-order valence-electron chi connectivity index (χ1n) is 16.5. The maximum absolute atomic E-state index is 13.5. The first kappa shape index (κ1) is 32.8. The summed E-state index contributed by atoms with van der Waals surface area (Å²) in [6, 6.07) is 2.30. The third-order valence-electron chi connectivity index (χ3n) is 11.1. The minimum atomic E-state index is -4.51. The van der Waals surface area contributed by atoms with Crippen LogP contribution < -0.4 is 0 Å². The molecule has 0 radical (unpaired) electrons. The molecular formula is C35H47F3N2O4Si. The minimum absolute atomic E-state index is 0.00252. The SMILES string of the molecule is CC(C)(C)[Si](C)(C)O[C@@H]1CC2(CCC2)Cc2nc(C3CCOCC3)c(C(O)c3ccc(C(F)(F)F)cn3)c(C3=CCOCC3)c21. The van der Waals surface area contributed by atoms with Gasteiger partial charge in [-0.15, -0.1) is 0 Å². The van der Waals surface area contributed by atoms with Crippen LogP contribution in [0.3, 0.4) is 0 Å². The van der Waals surface area contributed by atoms with Gasteiger partial charge in [0, 0.05) is 42.1 Å². The molecule has 6 nitrogen and oxygen atoms in total. The van der Waals surface area contributed by atoms with E-state index in [-0.39, 0.29) is 28.2 Å². The highest BCUT2D eigenvalue weighted by Crippen LogP contribution is 2.58. The van der Waals surface area contributed by atoms with Crippen LogP contribution in [0.5, 0.6) is 0 Å². The molecule has 2 aliphatic heterocycles. The van der Waals surface area contributed by atoms with E-state index in [1.165, 1.54) is 12.5 Å². The Morgan fingerprint density at radius 2 is 1.80 bits per heavy atom. The van der Waals surface area contributed by atoms with E-state index in [0.29, 0.717) is 38.4 Å². The quantitative estimate of drug-likeness (QED) is 0.318. The van der Waals surface area contributed by atoms with E-state index >= 15 is 0 Å². The van der Waals surface area contributed by atoms with Gasteiger partial charge < -0.3 is 19.0 Å². The van der Waals surface area contributed by atoms with Gasteiger partial charge in [0.15, 0.2) is 8.32 Å². The van der Waals surface area contributed by atoms with Crippen LogP contribution in [-0.2, 0) is 26.5 Å². The minimum Gasteiger partial charge on any atom is -0.410 e. The van der Waals surface area contributed by atoms with Crippen LogP contribution in [0, 0.1) is 5.41 Å². The molecule has 1 N–H and O–H groups in total. The molecule has 1 unspecified atom stereocenters. The molecule has 1 spiro atoms. The topological polar surface area (TPSA) is 73.7 Å². The predicted octanol–water partition coefficient (Wildman–Crippen LogP) is 8.45. The van der Waals surface area contributed by atoms with Gasteiger partial charge in [0.05, 0.1) is 36.3 Å². The molecule has 2 fully saturated rings. The number of nitrogens with zero attached hydrogens (tertiary/aromatic N) is 2. The maximum Gasteiger partial charge on any atom is 0.417 e. The number of halogens is 3. The molecule has 2 atom stereocenters. The van der Waals surface area contributed by atoms with E-state index in [0.717, 1.165) is 78.9 Å². The van der Waals surface area contributed by atoms with Crippen molar-refractivity contribution in [3.05, 3.63) is 63.7 Å². The fraction of sp³-hybridized carbons (Fsp3) is 0.657. The van der Waals surface area contributed by atoms with Gasteiger partial charge in [-0.25, -0.2) is 0 Å². The third-order valence-corrected chi connectivity index (χ3v) is 15.6. The summed E-state index contributed by atoms with van der Waals surface area (Å²) in [5.41, 5.74) is 5.15. The predicted molar refractivity (Wildman–Crippen MR) is 169 cm³/mol. The molecule has 2 aliphatic carbocycles. The van der Waals surface area contributed by atoms with Crippen molar-refractivity contribution in [2.45, 2.75) is 115 Å². The number of aliphatic hydroxyl groups excluding tert-OH is 1. The van der Waals surface area contributed by atoms with Crippen molar-refractivity contribution in [3.63, 3.8) is 0 Å². The van der Waals surface area contributed by atoms with Gasteiger partial charge in [-0.3, -0.25) is 9.97 Å². The lowest BCUT2D eigenvalue weighted by atomic mass is 9.59. The molecule has 2 aromatic heterocycles. The smallest absolute Gasteiger partial charge is 0.410 e. The van der Waals surface area contributed by atoms with Crippen LogP contribution in [0.25, 0.3) is 5.57 Å². The van der Waals surface area contributed by atoms with E-state index < -0.39 is 26.2 Å². The Kier molecular flexibility index (Phi) is 8.87. The highest BCUT2D eigenvalue weighted by Gasteiger charge is 2.50. The standard InChI is InChI=1S/C35H47F3N2O4Si/c1-33(2,3)45(4,5)44-27-20-34(13-6-14-34)19-26-29(27)28(22-9-15-42-16-10-22)30(31(40-26)23-11-17-43-18-12-23)32(41)25-8-7-24(21-39-25)35(36,37)38/h7-9,21,23,27,32,41H,6,10-20H2,1-5H3/t27-,32?/m1/s1. The molecule has 0 amide bonds. The number of alkyl halides is 3. The third kappa shape index (κ3) is 6.42. The van der Waals surface area contributed by atoms with E-state index in [4.69, 9.17) is 18.9 Å². The number of aromatic nitrogens is 2. The van der Waals surface area contributed by atoms with Crippen molar-refractivity contribution in [1.29, 1.82) is 0 Å². The molecule has 2 aromatic rings. The van der Waals surface area contributed by atoms with Crippen LogP contribution in [0.2, 0.25) is 18.1 Å². The number of rotatable bonds is 6. The van der Waals surface area contributed by atoms with Crippen LogP contribution in [0.1, 0.15) is 123 Å². The van der Waals surface area contributed by atoms with E-state index in [1.54, 1.807) is 0 Å². The summed E-state index contributed by atoms with van der Waals surface area (Å²) in [6.45, 7) is 13.5. The first-order valence-corrected chi connectivity index (χ1v) is 19.4. The summed E-state index contributed by atoms with van der Waals surface area (Å²) in [5, 5.41) is 12.2. The molecule has 0 aromatic carbocycles. The fourth-order valence-corrected chi connectivity index (χ4v) is 8.59. The zero-order valence-electron chi connectivity index (χ0n) is 27.2. The van der Waals surface area contributed by atoms with E-state index in [9.17, 15) is 18.3 Å². The largest absolute Gasteiger partial charge is 0.417 e. The Bertz CT molecular complexity index is 1420. The molecule has 246 valence electrons. The Morgan fingerprint density at radius 1 is 1.07 bits per heavy atom. The Balaban J connectivity index is 1.59. The number of ether oxygens (including phenoxy) is 2. The molecule has 0 bridgehead atoms. The second-order valence-corrected chi connectivity index (χ2v) is 19.8. The van der Waals surface area contributed by atoms with Crippen molar-refractivity contribution >= 4 is 13.9 Å². The van der Waals surface area contributed by atoms with Gasteiger partial charge in [-0.2, -0.15) is 13.2 Å². The van der Waals surface area contributed by atoms with E-state index in [1.807, 2.05) is 0 Å². The monoisotopic (exact) mass is 644 g/mol. The lowest BCUT2D eigenvalue weighted by Gasteiger charge is -2.51. The van der Waals surface area contributed by atoms with Crippen LogP contribution in [-0.4, -0.2) is 49.8 Å². The first-order chi connectivity index (χ1) is 21.2. The summed E-state index contributed by atoms with van der Waals surface area (Å²) in [5.74, 6) is 0.0568. The van der Waals surface area contributed by atoms with Gasteiger partial charge in [-0.05, 0) is 91.8 Å². The number of fused-ring (bicyclic) bond motifs is 1. The van der Waals surface area contributed by atoms with E-state index in [2.05, 4.69) is 44.9 Å². The van der Waals surface area contributed by atoms with Gasteiger partial charge >= 0.3 is 6.18 Å². The average molecular weight is 645 g/mol. The fourth-order valence-electron chi connectivity index (χ4n) is 7.32. The summed E-state index contributed by atoms with van der Waals surface area (Å²) >= 11 is 0. The van der Waals surface area contributed by atoms with Crippen LogP contribution in [0.15, 0.2) is 24.4 Å². The lowest BCUT2D eigenvalue weighted by Crippen LogP contribution is -2.46. The average Bonchev–Trinajstić information content (AvgIpc) is 2.98. The van der Waals surface area contributed by atoms with Crippen molar-refractivity contribution < 1.29 is 32.2 Å². The zero-order chi connectivity index (χ0) is 32.2. The molecule has 4 aliphatic rings. The summed E-state index contributed by atoms with van der Waals surface area (Å²) in [4.78, 5) is 9.64. The maximum atomic E-state index is 13.5. The van der Waals surface area contributed by atoms with Gasteiger partial charge in [-0.1, -0.05) is 33.3 Å². The van der Waals surface area contributed by atoms with Crippen LogP contribution in [0.4, 0.5) is 13.2 Å². The van der Waals surface area contributed by atoms with Crippen LogP contribution >= 0.6 is 0 Å². The highest BCUT2D eigenvalue weighted by molar-refractivity contribution is 6.74. The Hall–Kier alpha value is -2.11. The second kappa shape index (κ2) is 12.2.